The minimum Gasteiger partial charge on any atom is -0.209 e. The molecule has 4 rings (SSSR count). The predicted molar refractivity (Wildman–Crippen MR) is 84.6 cm³/mol. The second-order valence-electron chi connectivity index (χ2n) is 4.87. The minimum absolute atomic E-state index is 0. The zero-order valence-electron chi connectivity index (χ0n) is 11.5. The van der Waals surface area contributed by atoms with Crippen LogP contribution in [0.3, 0.4) is 0 Å². The fourth-order valence-corrected chi connectivity index (χ4v) is 2.73. The Morgan fingerprint density at radius 1 is 0.619 bits per heavy atom. The molecule has 4 aromatic rings. The molecule has 0 N–H and O–H groups in total. The predicted octanol–water partition coefficient (Wildman–Crippen LogP) is 5.26. The maximum Gasteiger partial charge on any atom is 0 e. The van der Waals surface area contributed by atoms with Gasteiger partial charge in [-0.2, -0.15) is 35.9 Å². The van der Waals surface area contributed by atoms with Gasteiger partial charge in [-0.05, 0) is 0 Å². The number of benzene rings is 4. The van der Waals surface area contributed by atoms with Gasteiger partial charge in [0, 0.05) is 32.7 Å². The maximum atomic E-state index is 3.55. The van der Waals surface area contributed by atoms with Gasteiger partial charge in [0.1, 0.15) is 0 Å². The van der Waals surface area contributed by atoms with E-state index in [2.05, 4.69) is 66.7 Å². The summed E-state index contributed by atoms with van der Waals surface area (Å²) in [4.78, 5) is 0. The summed E-state index contributed by atoms with van der Waals surface area (Å²) in [5.74, 6) is 0. The molecule has 0 aliphatic heterocycles. The molecule has 1 heteroatoms. The molecule has 0 amide bonds. The van der Waals surface area contributed by atoms with Crippen molar-refractivity contribution in [1.29, 1.82) is 0 Å². The van der Waals surface area contributed by atoms with E-state index in [0.29, 0.717) is 0 Å². The van der Waals surface area contributed by atoms with Crippen LogP contribution < -0.4 is 0 Å². The quantitative estimate of drug-likeness (QED) is 0.327. The van der Waals surface area contributed by atoms with Crippen molar-refractivity contribution in [3.05, 3.63) is 84.9 Å². The summed E-state index contributed by atoms with van der Waals surface area (Å²) in [6.07, 6.45) is 0. The summed E-state index contributed by atoms with van der Waals surface area (Å²) in [6.45, 7) is 0. The zero-order valence-corrected chi connectivity index (χ0v) is 14.3. The van der Waals surface area contributed by atoms with E-state index < -0.39 is 0 Å². The summed E-state index contributed by atoms with van der Waals surface area (Å²) in [5, 5.41) is 4.91. The molecule has 1 radical (unpaired) electrons. The third-order valence-corrected chi connectivity index (χ3v) is 3.65. The van der Waals surface area contributed by atoms with Gasteiger partial charge in [0.25, 0.3) is 0 Å². The van der Waals surface area contributed by atoms with Crippen LogP contribution in [0, 0.1) is 12.1 Å². The molecule has 0 aliphatic carbocycles. The molecule has 0 saturated carbocycles. The Bertz CT molecular complexity index is 895. The van der Waals surface area contributed by atoms with Crippen molar-refractivity contribution >= 4 is 21.5 Å². The van der Waals surface area contributed by atoms with Crippen LogP contribution in [0.2, 0.25) is 0 Å². The monoisotopic (exact) mass is 341 g/mol. The largest absolute Gasteiger partial charge is 0.209 e. The van der Waals surface area contributed by atoms with E-state index in [-0.39, 0.29) is 32.7 Å². The zero-order chi connectivity index (χ0) is 13.4. The smallest absolute Gasteiger partial charge is 0 e. The van der Waals surface area contributed by atoms with Crippen LogP contribution in [-0.4, -0.2) is 0 Å². The van der Waals surface area contributed by atoms with Gasteiger partial charge in [0.05, 0.1) is 0 Å². The first-order valence-electron chi connectivity index (χ1n) is 6.73. The Hall–Kier alpha value is -1.50. The topological polar surface area (TPSA) is 0 Å². The maximum absolute atomic E-state index is 3.55. The molecule has 0 fully saturated rings. The molecule has 0 atom stereocenters. The van der Waals surface area contributed by atoms with Crippen LogP contribution in [0.1, 0.15) is 0 Å². The van der Waals surface area contributed by atoms with Crippen molar-refractivity contribution in [2.24, 2.45) is 0 Å². The molecule has 21 heavy (non-hydrogen) atoms. The fourth-order valence-electron chi connectivity index (χ4n) is 2.73. The van der Waals surface area contributed by atoms with Crippen molar-refractivity contribution in [3.8, 4) is 11.1 Å². The number of hydrogen-bond donors (Lipinski definition) is 0. The van der Waals surface area contributed by atoms with Gasteiger partial charge >= 0.3 is 0 Å². The Balaban J connectivity index is 0.00000132. The molecule has 4 aromatic carbocycles. The van der Waals surface area contributed by atoms with Crippen LogP contribution in [0.15, 0.2) is 72.8 Å². The van der Waals surface area contributed by atoms with E-state index in [1.165, 1.54) is 16.2 Å². The van der Waals surface area contributed by atoms with Gasteiger partial charge in [0.2, 0.25) is 0 Å². The average molecular weight is 341 g/mol. The van der Waals surface area contributed by atoms with Gasteiger partial charge in [-0.15, -0.1) is 22.9 Å². The molecule has 0 spiro atoms. The Labute approximate surface area is 149 Å². The standard InChI is InChI=1S/C20H12.Y/c1-2-8-15(9-3-1)20-14-16-10-4-5-11-17(16)18-12-6-7-13-19(18)20;/h1-8,10-13H;/q-2;. The summed E-state index contributed by atoms with van der Waals surface area (Å²) in [7, 11) is 0. The number of rotatable bonds is 1. The first kappa shape index (κ1) is 14.4. The number of fused-ring (bicyclic) bond motifs is 3. The van der Waals surface area contributed by atoms with Crippen LogP contribution in [0.25, 0.3) is 32.7 Å². The molecule has 0 aliphatic rings. The van der Waals surface area contributed by atoms with Crippen molar-refractivity contribution in [2.45, 2.75) is 0 Å². The van der Waals surface area contributed by atoms with E-state index in [9.17, 15) is 0 Å². The molecule has 0 nitrogen and oxygen atoms in total. The van der Waals surface area contributed by atoms with Crippen molar-refractivity contribution < 1.29 is 32.7 Å². The third kappa shape index (κ3) is 2.54. The van der Waals surface area contributed by atoms with Gasteiger partial charge in [-0.1, -0.05) is 53.2 Å². The fraction of sp³-hybridized carbons (Fsp3) is 0. The molecular formula is C20H12Y-2. The van der Waals surface area contributed by atoms with E-state index in [1.807, 2.05) is 18.2 Å². The van der Waals surface area contributed by atoms with Gasteiger partial charge < -0.3 is 0 Å². The van der Waals surface area contributed by atoms with Gasteiger partial charge in [-0.25, -0.2) is 5.56 Å². The first-order valence-corrected chi connectivity index (χ1v) is 6.73. The molecule has 0 unspecified atom stereocenters. The molecule has 0 bridgehead atoms. The Morgan fingerprint density at radius 3 is 2.05 bits per heavy atom. The first-order chi connectivity index (χ1) is 9.93. The van der Waals surface area contributed by atoms with Gasteiger partial charge in [-0.3, -0.25) is 0 Å². The Kier molecular flexibility index (Phi) is 4.19. The third-order valence-electron chi connectivity index (χ3n) is 3.65. The molecule has 0 aromatic heterocycles. The van der Waals surface area contributed by atoms with E-state index in [1.54, 1.807) is 0 Å². The van der Waals surface area contributed by atoms with Crippen LogP contribution >= 0.6 is 0 Å². The summed E-state index contributed by atoms with van der Waals surface area (Å²) < 4.78 is 0. The van der Waals surface area contributed by atoms with Crippen molar-refractivity contribution in [1.82, 2.24) is 0 Å². The second-order valence-corrected chi connectivity index (χ2v) is 4.87. The SMILES string of the molecule is [Y].[c-]1ccccc1-c1[c-]c2ccccc2c2ccccc12. The van der Waals surface area contributed by atoms with Crippen LogP contribution in [-0.2, 0) is 32.7 Å². The summed E-state index contributed by atoms with van der Waals surface area (Å²) >= 11 is 0. The van der Waals surface area contributed by atoms with Crippen molar-refractivity contribution in [2.75, 3.05) is 0 Å². The van der Waals surface area contributed by atoms with E-state index in [4.69, 9.17) is 0 Å². The summed E-state index contributed by atoms with van der Waals surface area (Å²) in [5.41, 5.74) is 2.22. The van der Waals surface area contributed by atoms with Gasteiger partial charge in [0.15, 0.2) is 0 Å². The minimum atomic E-state index is 0. The molecule has 0 saturated heterocycles. The van der Waals surface area contributed by atoms with Crippen LogP contribution in [0.5, 0.6) is 0 Å². The van der Waals surface area contributed by atoms with E-state index in [0.717, 1.165) is 16.5 Å². The Morgan fingerprint density at radius 2 is 1.29 bits per heavy atom. The summed E-state index contributed by atoms with van der Waals surface area (Å²) in [6, 6.07) is 31.9. The van der Waals surface area contributed by atoms with E-state index >= 15 is 0 Å². The second kappa shape index (κ2) is 6.09. The normalized spacial score (nSPS) is 10.5. The molecular weight excluding hydrogens is 329 g/mol. The number of hydrogen-bond acceptors (Lipinski definition) is 0. The van der Waals surface area contributed by atoms with Crippen molar-refractivity contribution in [3.63, 3.8) is 0 Å². The van der Waals surface area contributed by atoms with Crippen LogP contribution in [0.4, 0.5) is 0 Å². The average Bonchev–Trinajstić information content (AvgIpc) is 2.55. The molecule has 0 heterocycles. The molecule has 97 valence electrons.